The zero-order valence-electron chi connectivity index (χ0n) is 8.26. The topological polar surface area (TPSA) is 38.9 Å². The molecule has 0 spiro atoms. The summed E-state index contributed by atoms with van der Waals surface area (Å²) in [6, 6.07) is 0. The number of aryl methyl sites for hydroxylation is 3. The fourth-order valence-corrected chi connectivity index (χ4v) is 2.45. The summed E-state index contributed by atoms with van der Waals surface area (Å²) < 4.78 is 0. The fraction of sp³-hybridized carbons (Fsp3) is 0.700. The van der Waals surface area contributed by atoms with Gasteiger partial charge in [-0.2, -0.15) is 0 Å². The van der Waals surface area contributed by atoms with Gasteiger partial charge in [-0.3, -0.25) is 0 Å². The number of hydrogen-bond acceptors (Lipinski definition) is 3. The highest BCUT2D eigenvalue weighted by Crippen LogP contribution is 2.36. The summed E-state index contributed by atoms with van der Waals surface area (Å²) in [5, 5.41) is 1.18. The van der Waals surface area contributed by atoms with Gasteiger partial charge >= 0.3 is 0 Å². The largest absolute Gasteiger partial charge is 0.325 e. The summed E-state index contributed by atoms with van der Waals surface area (Å²) in [6.07, 6.45) is 4.58. The molecule has 1 saturated carbocycles. The molecule has 1 heterocycles. The van der Waals surface area contributed by atoms with Crippen LogP contribution in [0.25, 0.3) is 0 Å². The fourth-order valence-electron chi connectivity index (χ4n) is 1.58. The van der Waals surface area contributed by atoms with Crippen LogP contribution in [0, 0.1) is 13.8 Å². The monoisotopic (exact) mass is 196 g/mol. The lowest BCUT2D eigenvalue weighted by molar-refractivity contribution is 0.603. The van der Waals surface area contributed by atoms with E-state index in [4.69, 9.17) is 5.73 Å². The van der Waals surface area contributed by atoms with Crippen LogP contribution in [0.4, 0.5) is 0 Å². The van der Waals surface area contributed by atoms with Crippen LogP contribution in [0.1, 0.15) is 34.8 Å². The maximum Gasteiger partial charge on any atom is 0.0900 e. The molecule has 72 valence electrons. The van der Waals surface area contributed by atoms with Crippen molar-refractivity contribution >= 4 is 11.3 Å². The van der Waals surface area contributed by atoms with Crippen molar-refractivity contribution in [2.75, 3.05) is 0 Å². The van der Waals surface area contributed by atoms with E-state index in [-0.39, 0.29) is 5.54 Å². The summed E-state index contributed by atoms with van der Waals surface area (Å²) >= 11 is 1.79. The molecule has 0 bridgehead atoms. The SMILES string of the molecule is Cc1nc(CCC2(N)CC2)c(C)s1. The van der Waals surface area contributed by atoms with Crippen molar-refractivity contribution < 1.29 is 0 Å². The smallest absolute Gasteiger partial charge is 0.0900 e. The van der Waals surface area contributed by atoms with Gasteiger partial charge in [0.1, 0.15) is 0 Å². The van der Waals surface area contributed by atoms with Crippen LogP contribution in [0.15, 0.2) is 0 Å². The first kappa shape index (κ1) is 9.16. The molecule has 0 saturated heterocycles. The Hall–Kier alpha value is -0.410. The quantitative estimate of drug-likeness (QED) is 0.804. The first-order chi connectivity index (χ1) is 6.09. The van der Waals surface area contributed by atoms with Crippen molar-refractivity contribution in [2.24, 2.45) is 5.73 Å². The minimum absolute atomic E-state index is 0.171. The van der Waals surface area contributed by atoms with Gasteiger partial charge in [0.2, 0.25) is 0 Å². The van der Waals surface area contributed by atoms with Gasteiger partial charge in [0.05, 0.1) is 10.7 Å². The molecule has 2 N–H and O–H groups in total. The number of nitrogens with two attached hydrogens (primary N) is 1. The van der Waals surface area contributed by atoms with Gasteiger partial charge in [-0.15, -0.1) is 11.3 Å². The lowest BCUT2D eigenvalue weighted by Crippen LogP contribution is -2.22. The van der Waals surface area contributed by atoms with Gasteiger partial charge in [0.25, 0.3) is 0 Å². The molecule has 1 fully saturated rings. The van der Waals surface area contributed by atoms with Crippen LogP contribution < -0.4 is 5.73 Å². The van der Waals surface area contributed by atoms with Crippen molar-refractivity contribution in [3.8, 4) is 0 Å². The summed E-state index contributed by atoms with van der Waals surface area (Å²) in [4.78, 5) is 5.87. The second kappa shape index (κ2) is 3.07. The average molecular weight is 196 g/mol. The molecule has 0 unspecified atom stereocenters. The normalized spacial score (nSPS) is 19.0. The Morgan fingerprint density at radius 2 is 2.15 bits per heavy atom. The Labute approximate surface area is 83.2 Å². The van der Waals surface area contributed by atoms with E-state index < -0.39 is 0 Å². The Bertz CT molecular complexity index is 313. The number of hydrogen-bond donors (Lipinski definition) is 1. The highest BCUT2D eigenvalue weighted by molar-refractivity contribution is 7.11. The van der Waals surface area contributed by atoms with Gasteiger partial charge in [-0.05, 0) is 39.5 Å². The Balaban J connectivity index is 1.97. The lowest BCUT2D eigenvalue weighted by Gasteiger charge is -2.06. The van der Waals surface area contributed by atoms with E-state index in [9.17, 15) is 0 Å². The van der Waals surface area contributed by atoms with E-state index in [2.05, 4.69) is 18.8 Å². The molecular weight excluding hydrogens is 180 g/mol. The molecule has 2 nitrogen and oxygen atoms in total. The van der Waals surface area contributed by atoms with Gasteiger partial charge in [0.15, 0.2) is 0 Å². The first-order valence-electron chi connectivity index (χ1n) is 4.81. The molecule has 1 aliphatic carbocycles. The van der Waals surface area contributed by atoms with Gasteiger partial charge < -0.3 is 5.73 Å². The highest BCUT2D eigenvalue weighted by atomic mass is 32.1. The number of rotatable bonds is 3. The van der Waals surface area contributed by atoms with E-state index in [1.165, 1.54) is 28.4 Å². The zero-order chi connectivity index (χ0) is 9.47. The second-order valence-corrected chi connectivity index (χ2v) is 5.51. The molecule has 2 rings (SSSR count). The van der Waals surface area contributed by atoms with Crippen LogP contribution in [-0.2, 0) is 6.42 Å². The molecule has 1 aromatic rings. The maximum atomic E-state index is 6.03. The summed E-state index contributed by atoms with van der Waals surface area (Å²) in [5.41, 5.74) is 7.46. The van der Waals surface area contributed by atoms with Crippen LogP contribution in [0.3, 0.4) is 0 Å². The predicted molar refractivity (Wildman–Crippen MR) is 56.1 cm³/mol. The van der Waals surface area contributed by atoms with Crippen molar-refractivity contribution in [3.05, 3.63) is 15.6 Å². The molecular formula is C10H16N2S. The van der Waals surface area contributed by atoms with Crippen molar-refractivity contribution in [2.45, 2.75) is 45.1 Å². The third-order valence-corrected chi connectivity index (χ3v) is 3.68. The van der Waals surface area contributed by atoms with E-state index in [0.717, 1.165) is 12.8 Å². The standard InChI is InChI=1S/C10H16N2S/c1-7-9(12-8(2)13-7)3-4-10(11)5-6-10/h3-6,11H2,1-2H3. The van der Waals surface area contributed by atoms with Crippen LogP contribution in [0.2, 0.25) is 0 Å². The van der Waals surface area contributed by atoms with Crippen LogP contribution >= 0.6 is 11.3 Å². The maximum absolute atomic E-state index is 6.03. The first-order valence-corrected chi connectivity index (χ1v) is 5.62. The van der Waals surface area contributed by atoms with Crippen molar-refractivity contribution in [1.82, 2.24) is 4.98 Å². The molecule has 1 aliphatic rings. The van der Waals surface area contributed by atoms with Gasteiger partial charge in [0, 0.05) is 10.4 Å². The molecule has 0 radical (unpaired) electrons. The molecule has 0 aromatic carbocycles. The van der Waals surface area contributed by atoms with Gasteiger partial charge in [-0.1, -0.05) is 0 Å². The number of aromatic nitrogens is 1. The Morgan fingerprint density at radius 1 is 1.46 bits per heavy atom. The third kappa shape index (κ3) is 2.09. The van der Waals surface area contributed by atoms with Crippen LogP contribution in [-0.4, -0.2) is 10.5 Å². The van der Waals surface area contributed by atoms with E-state index in [1.54, 1.807) is 11.3 Å². The third-order valence-electron chi connectivity index (χ3n) is 2.75. The van der Waals surface area contributed by atoms with E-state index in [0.29, 0.717) is 0 Å². The van der Waals surface area contributed by atoms with Gasteiger partial charge in [-0.25, -0.2) is 4.98 Å². The van der Waals surface area contributed by atoms with E-state index >= 15 is 0 Å². The lowest BCUT2D eigenvalue weighted by atomic mass is 10.1. The minimum atomic E-state index is 0.171. The number of nitrogens with zero attached hydrogens (tertiary/aromatic N) is 1. The molecule has 0 amide bonds. The second-order valence-electron chi connectivity index (χ2n) is 4.10. The Kier molecular flexibility index (Phi) is 2.16. The summed E-state index contributed by atoms with van der Waals surface area (Å²) in [6.45, 7) is 4.21. The van der Waals surface area contributed by atoms with E-state index in [1.807, 2.05) is 0 Å². The average Bonchev–Trinajstić information content (AvgIpc) is 2.69. The summed E-state index contributed by atoms with van der Waals surface area (Å²) in [5.74, 6) is 0. The predicted octanol–water partition coefficient (Wildman–Crippen LogP) is 2.18. The molecule has 0 atom stereocenters. The summed E-state index contributed by atoms with van der Waals surface area (Å²) in [7, 11) is 0. The van der Waals surface area contributed by atoms with Crippen molar-refractivity contribution in [3.63, 3.8) is 0 Å². The number of thiazole rings is 1. The molecule has 3 heteroatoms. The van der Waals surface area contributed by atoms with Crippen molar-refractivity contribution in [1.29, 1.82) is 0 Å². The molecule has 13 heavy (non-hydrogen) atoms. The molecule has 1 aromatic heterocycles. The zero-order valence-corrected chi connectivity index (χ0v) is 9.08. The highest BCUT2D eigenvalue weighted by Gasteiger charge is 2.37. The van der Waals surface area contributed by atoms with Crippen LogP contribution in [0.5, 0.6) is 0 Å². The minimum Gasteiger partial charge on any atom is -0.325 e. The molecule has 0 aliphatic heterocycles. The Morgan fingerprint density at radius 3 is 2.62 bits per heavy atom.